The highest BCUT2D eigenvalue weighted by atomic mass is 79.9. The Morgan fingerprint density at radius 1 is 1.03 bits per heavy atom. The molecule has 0 bridgehead atoms. The number of benzene rings is 3. The van der Waals surface area contributed by atoms with Crippen LogP contribution in [0.25, 0.3) is 0 Å². The first kappa shape index (κ1) is 27.8. The van der Waals surface area contributed by atoms with Gasteiger partial charge in [-0.3, -0.25) is 9.59 Å². The van der Waals surface area contributed by atoms with Crippen LogP contribution in [0.3, 0.4) is 0 Å². The molecule has 2 amide bonds. The van der Waals surface area contributed by atoms with Gasteiger partial charge in [0.15, 0.2) is 6.61 Å². The lowest BCUT2D eigenvalue weighted by molar-refractivity contribution is -0.142. The van der Waals surface area contributed by atoms with Crippen LogP contribution in [0.5, 0.6) is 5.75 Å². The molecule has 3 aromatic carbocycles. The second-order valence-corrected chi connectivity index (χ2v) is 10.0. The van der Waals surface area contributed by atoms with E-state index in [1.165, 1.54) is 0 Å². The Morgan fingerprint density at radius 2 is 1.78 bits per heavy atom. The summed E-state index contributed by atoms with van der Waals surface area (Å²) >= 11 is 9.46. The van der Waals surface area contributed by atoms with E-state index in [0.29, 0.717) is 34.8 Å². The zero-order valence-electron chi connectivity index (χ0n) is 20.7. The third kappa shape index (κ3) is 8.38. The monoisotopic (exact) mass is 570 g/mol. The average Bonchev–Trinajstić information content (AvgIpc) is 2.86. The summed E-state index contributed by atoms with van der Waals surface area (Å²) < 4.78 is 6.50. The number of carbonyl (C=O) groups is 2. The highest BCUT2D eigenvalue weighted by molar-refractivity contribution is 9.10. The molecule has 7 heteroatoms. The van der Waals surface area contributed by atoms with Crippen molar-refractivity contribution < 1.29 is 14.3 Å². The number of halogens is 2. The molecule has 36 heavy (non-hydrogen) atoms. The molecule has 5 nitrogen and oxygen atoms in total. The van der Waals surface area contributed by atoms with Crippen molar-refractivity contribution in [2.24, 2.45) is 0 Å². The maximum Gasteiger partial charge on any atom is 0.261 e. The van der Waals surface area contributed by atoms with Gasteiger partial charge >= 0.3 is 0 Å². The topological polar surface area (TPSA) is 58.6 Å². The van der Waals surface area contributed by atoms with Gasteiger partial charge < -0.3 is 15.0 Å². The molecule has 0 heterocycles. The van der Waals surface area contributed by atoms with E-state index in [1.807, 2.05) is 61.5 Å². The fourth-order valence-electron chi connectivity index (χ4n) is 3.88. The number of carbonyl (C=O) groups excluding carboxylic acids is 2. The fourth-order valence-corrected chi connectivity index (χ4v) is 4.68. The molecule has 0 aliphatic carbocycles. The minimum absolute atomic E-state index is 0.166. The van der Waals surface area contributed by atoms with Crippen molar-refractivity contribution in [3.63, 3.8) is 0 Å². The SMILES string of the molecule is CCCCNC(=O)[C@H](Cc1ccccc1)N(Cc1cccc(C)c1)C(=O)COc1ccc(Cl)cc1Br. The second-order valence-electron chi connectivity index (χ2n) is 8.72. The van der Waals surface area contributed by atoms with Crippen LogP contribution in [0.2, 0.25) is 5.02 Å². The van der Waals surface area contributed by atoms with Crippen molar-refractivity contribution in [2.45, 2.75) is 45.7 Å². The molecule has 0 aliphatic heterocycles. The highest BCUT2D eigenvalue weighted by Gasteiger charge is 2.30. The van der Waals surface area contributed by atoms with Crippen LogP contribution in [0.15, 0.2) is 77.3 Å². The van der Waals surface area contributed by atoms with Crippen molar-refractivity contribution in [2.75, 3.05) is 13.2 Å². The van der Waals surface area contributed by atoms with Crippen molar-refractivity contribution in [1.29, 1.82) is 0 Å². The largest absolute Gasteiger partial charge is 0.483 e. The summed E-state index contributed by atoms with van der Waals surface area (Å²) in [5.74, 6) is 0.0705. The van der Waals surface area contributed by atoms with E-state index >= 15 is 0 Å². The first-order valence-electron chi connectivity index (χ1n) is 12.1. The summed E-state index contributed by atoms with van der Waals surface area (Å²) in [7, 11) is 0. The first-order chi connectivity index (χ1) is 17.4. The van der Waals surface area contributed by atoms with E-state index < -0.39 is 6.04 Å². The highest BCUT2D eigenvalue weighted by Crippen LogP contribution is 2.28. The van der Waals surface area contributed by atoms with Gasteiger partial charge in [0.05, 0.1) is 4.47 Å². The Kier molecular flexibility index (Phi) is 10.8. The van der Waals surface area contributed by atoms with Crippen LogP contribution >= 0.6 is 27.5 Å². The van der Waals surface area contributed by atoms with Gasteiger partial charge in [0.1, 0.15) is 11.8 Å². The number of nitrogens with zero attached hydrogens (tertiary/aromatic N) is 1. The number of unbranched alkanes of at least 4 members (excludes halogenated alkanes) is 1. The lowest BCUT2D eigenvalue weighted by atomic mass is 10.0. The Hall–Kier alpha value is -2.83. The van der Waals surface area contributed by atoms with E-state index in [1.54, 1.807) is 23.1 Å². The summed E-state index contributed by atoms with van der Waals surface area (Å²) in [6.45, 7) is 4.74. The minimum atomic E-state index is -0.686. The van der Waals surface area contributed by atoms with Crippen LogP contribution in [0.4, 0.5) is 0 Å². The molecule has 0 spiro atoms. The summed E-state index contributed by atoms with van der Waals surface area (Å²) in [4.78, 5) is 28.7. The predicted molar refractivity (Wildman–Crippen MR) is 148 cm³/mol. The summed E-state index contributed by atoms with van der Waals surface area (Å²) in [6, 6.07) is 22.2. The molecule has 3 aromatic rings. The van der Waals surface area contributed by atoms with E-state index in [-0.39, 0.29) is 18.4 Å². The van der Waals surface area contributed by atoms with Gasteiger partial charge in [-0.25, -0.2) is 0 Å². The third-order valence-corrected chi connectivity index (χ3v) is 6.64. The summed E-state index contributed by atoms with van der Waals surface area (Å²) in [6.07, 6.45) is 2.25. The van der Waals surface area contributed by atoms with Gasteiger partial charge in [0.2, 0.25) is 5.91 Å². The molecule has 0 fully saturated rings. The van der Waals surface area contributed by atoms with Crippen LogP contribution in [-0.4, -0.2) is 35.9 Å². The molecule has 1 N–H and O–H groups in total. The molecular weight excluding hydrogens is 540 g/mol. The van der Waals surface area contributed by atoms with Crippen LogP contribution in [-0.2, 0) is 22.6 Å². The Balaban J connectivity index is 1.89. The minimum Gasteiger partial charge on any atom is -0.483 e. The quantitative estimate of drug-likeness (QED) is 0.258. The number of nitrogens with one attached hydrogen (secondary N) is 1. The number of amides is 2. The standard InChI is InChI=1S/C29H32BrClN2O3/c1-3-4-15-32-29(35)26(17-22-10-6-5-7-11-22)33(19-23-12-8-9-21(2)16-23)28(34)20-36-27-14-13-24(31)18-25(27)30/h5-14,16,18,26H,3-4,15,17,19-20H2,1-2H3,(H,32,35)/t26-/m0/s1. The number of rotatable bonds is 12. The lowest BCUT2D eigenvalue weighted by Gasteiger charge is -2.31. The van der Waals surface area contributed by atoms with Crippen LogP contribution in [0, 0.1) is 6.92 Å². The molecule has 0 unspecified atom stereocenters. The Bertz CT molecular complexity index is 1160. The summed E-state index contributed by atoms with van der Waals surface area (Å²) in [5, 5.41) is 3.59. The molecule has 0 radical (unpaired) electrons. The zero-order valence-corrected chi connectivity index (χ0v) is 23.0. The molecule has 190 valence electrons. The van der Waals surface area contributed by atoms with Crippen molar-refractivity contribution in [3.05, 3.63) is 99.0 Å². The normalized spacial score (nSPS) is 11.6. The summed E-state index contributed by atoms with van der Waals surface area (Å²) in [5.41, 5.74) is 3.03. The van der Waals surface area contributed by atoms with Crippen molar-refractivity contribution >= 4 is 39.3 Å². The Labute approximate surface area is 226 Å². The molecular formula is C29H32BrClN2O3. The second kappa shape index (κ2) is 14.0. The van der Waals surface area contributed by atoms with Crippen molar-refractivity contribution in [3.8, 4) is 5.75 Å². The van der Waals surface area contributed by atoms with E-state index in [9.17, 15) is 9.59 Å². The van der Waals surface area contributed by atoms with Crippen molar-refractivity contribution in [1.82, 2.24) is 10.2 Å². The van der Waals surface area contributed by atoms with E-state index in [2.05, 4.69) is 28.2 Å². The first-order valence-corrected chi connectivity index (χ1v) is 13.3. The lowest BCUT2D eigenvalue weighted by Crippen LogP contribution is -2.51. The van der Waals surface area contributed by atoms with Gasteiger partial charge in [-0.05, 0) is 58.6 Å². The van der Waals surface area contributed by atoms with Gasteiger partial charge in [-0.2, -0.15) is 0 Å². The maximum atomic E-state index is 13.6. The van der Waals surface area contributed by atoms with Crippen LogP contribution < -0.4 is 10.1 Å². The van der Waals surface area contributed by atoms with E-state index in [0.717, 1.165) is 29.5 Å². The van der Waals surface area contributed by atoms with E-state index in [4.69, 9.17) is 16.3 Å². The zero-order chi connectivity index (χ0) is 25.9. The van der Waals surface area contributed by atoms with Crippen LogP contribution in [0.1, 0.15) is 36.5 Å². The van der Waals surface area contributed by atoms with Gasteiger partial charge in [0.25, 0.3) is 5.91 Å². The molecule has 3 rings (SSSR count). The number of ether oxygens (including phenoxy) is 1. The Morgan fingerprint density at radius 3 is 2.47 bits per heavy atom. The molecule has 0 saturated carbocycles. The number of hydrogen-bond acceptors (Lipinski definition) is 3. The third-order valence-electron chi connectivity index (χ3n) is 5.78. The molecule has 0 aromatic heterocycles. The smallest absolute Gasteiger partial charge is 0.261 e. The fraction of sp³-hybridized carbons (Fsp3) is 0.310. The molecule has 1 atom stereocenters. The number of hydrogen-bond donors (Lipinski definition) is 1. The number of aryl methyl sites for hydroxylation is 1. The predicted octanol–water partition coefficient (Wildman–Crippen LogP) is 6.35. The van der Waals surface area contributed by atoms with Gasteiger partial charge in [0, 0.05) is 24.5 Å². The van der Waals surface area contributed by atoms with Gasteiger partial charge in [-0.1, -0.05) is 85.1 Å². The van der Waals surface area contributed by atoms with Gasteiger partial charge in [-0.15, -0.1) is 0 Å². The average molecular weight is 572 g/mol. The molecule has 0 aliphatic rings. The maximum absolute atomic E-state index is 13.6. The molecule has 0 saturated heterocycles.